The summed E-state index contributed by atoms with van der Waals surface area (Å²) in [6.07, 6.45) is 3.78. The molecule has 0 amide bonds. The molecule has 16 heavy (non-hydrogen) atoms. The van der Waals surface area contributed by atoms with Gasteiger partial charge in [-0.15, -0.1) is 0 Å². The lowest BCUT2D eigenvalue weighted by molar-refractivity contribution is 0.357. The predicted molar refractivity (Wildman–Crippen MR) is 66.9 cm³/mol. The van der Waals surface area contributed by atoms with Crippen molar-refractivity contribution in [3.63, 3.8) is 0 Å². The third-order valence-corrected chi connectivity index (χ3v) is 3.98. The van der Waals surface area contributed by atoms with Crippen molar-refractivity contribution in [2.24, 2.45) is 5.41 Å². The van der Waals surface area contributed by atoms with Gasteiger partial charge in [0.15, 0.2) is 0 Å². The summed E-state index contributed by atoms with van der Waals surface area (Å²) in [5.74, 6) is 1.03. The molecule has 1 saturated carbocycles. The third kappa shape index (κ3) is 2.07. The van der Waals surface area contributed by atoms with Crippen LogP contribution >= 0.6 is 0 Å². The zero-order chi connectivity index (χ0) is 11.6. The Labute approximate surface area is 98.0 Å². The maximum Gasteiger partial charge on any atom is 0.122 e. The van der Waals surface area contributed by atoms with E-state index in [0.717, 1.165) is 12.2 Å². The summed E-state index contributed by atoms with van der Waals surface area (Å²) in [5.41, 5.74) is 1.80. The highest BCUT2D eigenvalue weighted by atomic mass is 16.5. The third-order valence-electron chi connectivity index (χ3n) is 3.98. The highest BCUT2D eigenvalue weighted by Gasteiger charge is 2.46. The standard InChI is InChI=1S/C14H21NO/c1-11(15-2)14(8-9-14)10-12-6-4-5-7-13(12)16-3/h4-7,11,15H,8-10H2,1-3H3. The van der Waals surface area contributed by atoms with Gasteiger partial charge in [-0.2, -0.15) is 0 Å². The molecule has 88 valence electrons. The van der Waals surface area contributed by atoms with Gasteiger partial charge in [0.1, 0.15) is 5.75 Å². The summed E-state index contributed by atoms with van der Waals surface area (Å²) < 4.78 is 5.41. The Bertz CT molecular complexity index is 358. The summed E-state index contributed by atoms with van der Waals surface area (Å²) in [7, 11) is 3.80. The van der Waals surface area contributed by atoms with Crippen LogP contribution < -0.4 is 10.1 Å². The van der Waals surface area contributed by atoms with Gasteiger partial charge in [0.05, 0.1) is 7.11 Å². The number of benzene rings is 1. The summed E-state index contributed by atoms with van der Waals surface area (Å²) >= 11 is 0. The molecular formula is C14H21NO. The first-order valence-corrected chi connectivity index (χ1v) is 6.01. The van der Waals surface area contributed by atoms with Crippen LogP contribution in [0.4, 0.5) is 0 Å². The van der Waals surface area contributed by atoms with E-state index in [4.69, 9.17) is 4.74 Å². The summed E-state index contributed by atoms with van der Waals surface area (Å²) in [5, 5.41) is 3.38. The lowest BCUT2D eigenvalue weighted by Gasteiger charge is -2.23. The van der Waals surface area contributed by atoms with Crippen LogP contribution in [0.1, 0.15) is 25.3 Å². The monoisotopic (exact) mass is 219 g/mol. The van der Waals surface area contributed by atoms with Gasteiger partial charge in [-0.25, -0.2) is 0 Å². The Morgan fingerprint density at radius 2 is 2.06 bits per heavy atom. The molecular weight excluding hydrogens is 198 g/mol. The number of nitrogens with one attached hydrogen (secondary N) is 1. The lowest BCUT2D eigenvalue weighted by atomic mass is 9.89. The molecule has 0 saturated heterocycles. The van der Waals surface area contributed by atoms with E-state index in [0.29, 0.717) is 11.5 Å². The molecule has 0 bridgehead atoms. The van der Waals surface area contributed by atoms with Gasteiger partial charge in [0, 0.05) is 6.04 Å². The molecule has 1 aromatic rings. The van der Waals surface area contributed by atoms with Gasteiger partial charge in [-0.3, -0.25) is 0 Å². The number of para-hydroxylation sites is 1. The highest BCUT2D eigenvalue weighted by molar-refractivity contribution is 5.35. The van der Waals surface area contributed by atoms with Crippen LogP contribution in [0.5, 0.6) is 5.75 Å². The minimum absolute atomic E-state index is 0.462. The van der Waals surface area contributed by atoms with Crippen LogP contribution in [-0.4, -0.2) is 20.2 Å². The Kier molecular flexibility index (Phi) is 3.20. The molecule has 1 aliphatic carbocycles. The first-order valence-electron chi connectivity index (χ1n) is 6.01. The zero-order valence-corrected chi connectivity index (χ0v) is 10.4. The molecule has 0 spiro atoms. The number of methoxy groups -OCH3 is 1. The highest BCUT2D eigenvalue weighted by Crippen LogP contribution is 2.51. The van der Waals surface area contributed by atoms with Crippen LogP contribution in [0.15, 0.2) is 24.3 Å². The Morgan fingerprint density at radius 3 is 2.62 bits per heavy atom. The first kappa shape index (κ1) is 11.5. The molecule has 0 aromatic heterocycles. The van der Waals surface area contributed by atoms with Crippen molar-refractivity contribution in [3.05, 3.63) is 29.8 Å². The predicted octanol–water partition coefficient (Wildman–Crippen LogP) is 2.63. The van der Waals surface area contributed by atoms with E-state index in [2.05, 4.69) is 30.4 Å². The largest absolute Gasteiger partial charge is 0.496 e. The van der Waals surface area contributed by atoms with E-state index >= 15 is 0 Å². The van der Waals surface area contributed by atoms with E-state index in [9.17, 15) is 0 Å². The van der Waals surface area contributed by atoms with Crippen LogP contribution in [0, 0.1) is 5.41 Å². The average Bonchev–Trinajstić information content (AvgIpc) is 3.10. The molecule has 2 heteroatoms. The summed E-state index contributed by atoms with van der Waals surface area (Å²) in [4.78, 5) is 0. The van der Waals surface area contributed by atoms with E-state index in [1.165, 1.54) is 18.4 Å². The van der Waals surface area contributed by atoms with Crippen molar-refractivity contribution < 1.29 is 4.74 Å². The van der Waals surface area contributed by atoms with Crippen LogP contribution in [-0.2, 0) is 6.42 Å². The van der Waals surface area contributed by atoms with Crippen molar-refractivity contribution in [1.29, 1.82) is 0 Å². The molecule has 1 aliphatic rings. The van der Waals surface area contributed by atoms with Gasteiger partial charge >= 0.3 is 0 Å². The number of hydrogen-bond acceptors (Lipinski definition) is 2. The van der Waals surface area contributed by atoms with Gasteiger partial charge in [-0.05, 0) is 50.3 Å². The molecule has 1 fully saturated rings. The maximum absolute atomic E-state index is 5.41. The Morgan fingerprint density at radius 1 is 1.38 bits per heavy atom. The quantitative estimate of drug-likeness (QED) is 0.822. The Hall–Kier alpha value is -1.02. The van der Waals surface area contributed by atoms with Crippen molar-refractivity contribution in [2.45, 2.75) is 32.2 Å². The fourth-order valence-corrected chi connectivity index (χ4v) is 2.46. The number of rotatable bonds is 5. The molecule has 1 unspecified atom stereocenters. The fraction of sp³-hybridized carbons (Fsp3) is 0.571. The average molecular weight is 219 g/mol. The fourth-order valence-electron chi connectivity index (χ4n) is 2.46. The van der Waals surface area contributed by atoms with Gasteiger partial charge in [0.25, 0.3) is 0 Å². The normalized spacial score (nSPS) is 19.2. The van der Waals surface area contributed by atoms with Gasteiger partial charge < -0.3 is 10.1 Å². The minimum atomic E-state index is 0.462. The molecule has 2 nitrogen and oxygen atoms in total. The van der Waals surface area contributed by atoms with E-state index in [-0.39, 0.29) is 0 Å². The SMILES string of the molecule is CNC(C)C1(Cc2ccccc2OC)CC1. The second-order valence-electron chi connectivity index (χ2n) is 4.86. The smallest absolute Gasteiger partial charge is 0.122 e. The minimum Gasteiger partial charge on any atom is -0.496 e. The molecule has 0 aliphatic heterocycles. The summed E-state index contributed by atoms with van der Waals surface area (Å²) in [6, 6.07) is 8.94. The maximum atomic E-state index is 5.41. The topological polar surface area (TPSA) is 21.3 Å². The van der Waals surface area contributed by atoms with Crippen molar-refractivity contribution >= 4 is 0 Å². The van der Waals surface area contributed by atoms with Crippen LogP contribution in [0.25, 0.3) is 0 Å². The molecule has 0 radical (unpaired) electrons. The summed E-state index contributed by atoms with van der Waals surface area (Å²) in [6.45, 7) is 2.28. The first-order chi connectivity index (χ1) is 7.72. The van der Waals surface area contributed by atoms with Gasteiger partial charge in [-0.1, -0.05) is 18.2 Å². The molecule has 0 heterocycles. The molecule has 1 atom stereocenters. The lowest BCUT2D eigenvalue weighted by Crippen LogP contribution is -2.33. The molecule has 1 aromatic carbocycles. The van der Waals surface area contributed by atoms with Crippen molar-refractivity contribution in [1.82, 2.24) is 5.32 Å². The van der Waals surface area contributed by atoms with Crippen LogP contribution in [0.3, 0.4) is 0 Å². The second-order valence-corrected chi connectivity index (χ2v) is 4.86. The van der Waals surface area contributed by atoms with E-state index in [1.807, 2.05) is 13.1 Å². The number of hydrogen-bond donors (Lipinski definition) is 1. The van der Waals surface area contributed by atoms with E-state index < -0.39 is 0 Å². The molecule has 2 rings (SSSR count). The van der Waals surface area contributed by atoms with E-state index in [1.54, 1.807) is 7.11 Å². The molecule has 1 N–H and O–H groups in total. The van der Waals surface area contributed by atoms with Crippen molar-refractivity contribution in [2.75, 3.05) is 14.2 Å². The number of ether oxygens (including phenoxy) is 1. The van der Waals surface area contributed by atoms with Crippen LogP contribution in [0.2, 0.25) is 0 Å². The second kappa shape index (κ2) is 4.46. The van der Waals surface area contributed by atoms with Gasteiger partial charge in [0.2, 0.25) is 0 Å². The zero-order valence-electron chi connectivity index (χ0n) is 10.4. The Balaban J connectivity index is 2.15. The van der Waals surface area contributed by atoms with Crippen molar-refractivity contribution in [3.8, 4) is 5.75 Å².